The van der Waals surface area contributed by atoms with E-state index < -0.39 is 0 Å². The van der Waals surface area contributed by atoms with E-state index in [2.05, 4.69) is 57.1 Å². The standard InChI is InChI=1S/C18H25BN2O3/c1-17(2)18(3,4)24-19(23-17)15-8-6-14(7-9-15)12-21-16(13-22-5)10-11-20-21/h6-11H,12-13H2,1-5H3. The van der Waals surface area contributed by atoms with Crippen molar-refractivity contribution in [1.82, 2.24) is 9.78 Å². The number of nitrogens with zero attached hydrogens (tertiary/aromatic N) is 2. The van der Waals surface area contributed by atoms with Crippen LogP contribution >= 0.6 is 0 Å². The molecule has 1 aliphatic rings. The van der Waals surface area contributed by atoms with Gasteiger partial charge in [0.15, 0.2) is 0 Å². The molecule has 1 aromatic heterocycles. The summed E-state index contributed by atoms with van der Waals surface area (Å²) in [5, 5.41) is 4.36. The minimum atomic E-state index is -0.321. The van der Waals surface area contributed by atoms with E-state index in [9.17, 15) is 0 Å². The summed E-state index contributed by atoms with van der Waals surface area (Å²) in [7, 11) is 1.37. The van der Waals surface area contributed by atoms with Gasteiger partial charge in [-0.25, -0.2) is 0 Å². The van der Waals surface area contributed by atoms with Gasteiger partial charge in [0.05, 0.1) is 30.0 Å². The molecule has 1 saturated heterocycles. The Hall–Kier alpha value is -1.63. The molecular formula is C18H25BN2O3. The lowest BCUT2D eigenvalue weighted by atomic mass is 9.79. The van der Waals surface area contributed by atoms with Crippen LogP contribution < -0.4 is 5.46 Å². The summed E-state index contributed by atoms with van der Waals surface area (Å²) >= 11 is 0. The van der Waals surface area contributed by atoms with Crippen LogP contribution in [0.2, 0.25) is 0 Å². The molecular weight excluding hydrogens is 303 g/mol. The van der Waals surface area contributed by atoms with Gasteiger partial charge in [0, 0.05) is 13.3 Å². The molecule has 24 heavy (non-hydrogen) atoms. The van der Waals surface area contributed by atoms with Crippen LogP contribution in [0.4, 0.5) is 0 Å². The smallest absolute Gasteiger partial charge is 0.399 e. The highest BCUT2D eigenvalue weighted by molar-refractivity contribution is 6.62. The molecule has 2 aromatic rings. The van der Waals surface area contributed by atoms with E-state index in [1.54, 1.807) is 13.3 Å². The number of ether oxygens (including phenoxy) is 1. The summed E-state index contributed by atoms with van der Waals surface area (Å²) in [5.41, 5.74) is 2.64. The lowest BCUT2D eigenvalue weighted by Gasteiger charge is -2.32. The Morgan fingerprint density at radius 3 is 2.25 bits per heavy atom. The quantitative estimate of drug-likeness (QED) is 0.791. The predicted molar refractivity (Wildman–Crippen MR) is 94.2 cm³/mol. The zero-order chi connectivity index (χ0) is 17.4. The zero-order valence-electron chi connectivity index (χ0n) is 15.1. The van der Waals surface area contributed by atoms with E-state index in [0.29, 0.717) is 6.61 Å². The fourth-order valence-electron chi connectivity index (χ4n) is 2.71. The van der Waals surface area contributed by atoms with Gasteiger partial charge < -0.3 is 14.0 Å². The third-order valence-corrected chi connectivity index (χ3v) is 4.93. The Kier molecular flexibility index (Phi) is 4.55. The van der Waals surface area contributed by atoms with Gasteiger partial charge in [0.1, 0.15) is 0 Å². The molecule has 0 radical (unpaired) electrons. The summed E-state index contributed by atoms with van der Waals surface area (Å²) in [5.74, 6) is 0. The second-order valence-electron chi connectivity index (χ2n) is 7.24. The van der Waals surface area contributed by atoms with Crippen LogP contribution in [0.3, 0.4) is 0 Å². The van der Waals surface area contributed by atoms with Gasteiger partial charge in [0.2, 0.25) is 0 Å². The van der Waals surface area contributed by atoms with Gasteiger partial charge in [-0.15, -0.1) is 0 Å². The first-order chi connectivity index (χ1) is 11.3. The van der Waals surface area contributed by atoms with E-state index in [4.69, 9.17) is 14.0 Å². The van der Waals surface area contributed by atoms with Crippen LogP contribution in [-0.4, -0.2) is 35.2 Å². The van der Waals surface area contributed by atoms with Gasteiger partial charge in [-0.3, -0.25) is 4.68 Å². The number of hydrogen-bond donors (Lipinski definition) is 0. The minimum absolute atomic E-state index is 0.319. The van der Waals surface area contributed by atoms with Gasteiger partial charge in [-0.05, 0) is 44.8 Å². The maximum absolute atomic E-state index is 6.09. The van der Waals surface area contributed by atoms with Crippen LogP contribution in [0.15, 0.2) is 36.5 Å². The monoisotopic (exact) mass is 328 g/mol. The van der Waals surface area contributed by atoms with E-state index in [1.165, 1.54) is 5.56 Å². The molecule has 0 aliphatic carbocycles. The Morgan fingerprint density at radius 1 is 1.04 bits per heavy atom. The Labute approximate surface area is 144 Å². The molecule has 0 N–H and O–H groups in total. The maximum Gasteiger partial charge on any atom is 0.494 e. The summed E-state index contributed by atoms with van der Waals surface area (Å²) in [4.78, 5) is 0. The summed E-state index contributed by atoms with van der Waals surface area (Å²) in [6.45, 7) is 9.54. The number of hydrogen-bond acceptors (Lipinski definition) is 4. The predicted octanol–water partition coefficient (Wildman–Crippen LogP) is 2.38. The normalized spacial score (nSPS) is 19.0. The maximum atomic E-state index is 6.09. The van der Waals surface area contributed by atoms with E-state index in [1.807, 2.05) is 10.7 Å². The number of rotatable bonds is 5. The van der Waals surface area contributed by atoms with Crippen molar-refractivity contribution in [2.24, 2.45) is 0 Å². The first kappa shape index (κ1) is 17.2. The highest BCUT2D eigenvalue weighted by Crippen LogP contribution is 2.36. The van der Waals surface area contributed by atoms with E-state index >= 15 is 0 Å². The fraction of sp³-hybridized carbons (Fsp3) is 0.500. The zero-order valence-corrected chi connectivity index (χ0v) is 15.1. The van der Waals surface area contributed by atoms with Crippen LogP contribution in [0.1, 0.15) is 39.0 Å². The van der Waals surface area contributed by atoms with Crippen molar-refractivity contribution >= 4 is 12.6 Å². The van der Waals surface area contributed by atoms with Crippen LogP contribution in [-0.2, 0) is 27.2 Å². The molecule has 5 nitrogen and oxygen atoms in total. The second kappa shape index (κ2) is 6.35. The van der Waals surface area contributed by atoms with Crippen LogP contribution in [0.25, 0.3) is 0 Å². The first-order valence-electron chi connectivity index (χ1n) is 8.26. The molecule has 1 fully saturated rings. The highest BCUT2D eigenvalue weighted by Gasteiger charge is 2.51. The third-order valence-electron chi connectivity index (χ3n) is 4.93. The van der Waals surface area contributed by atoms with Crippen molar-refractivity contribution in [1.29, 1.82) is 0 Å². The molecule has 1 aliphatic heterocycles. The molecule has 0 bridgehead atoms. The van der Waals surface area contributed by atoms with Crippen molar-refractivity contribution in [2.75, 3.05) is 7.11 Å². The summed E-state index contributed by atoms with van der Waals surface area (Å²) in [6.07, 6.45) is 1.80. The molecule has 3 rings (SSSR count). The lowest BCUT2D eigenvalue weighted by Crippen LogP contribution is -2.41. The Balaban J connectivity index is 1.71. The average molecular weight is 328 g/mol. The molecule has 2 heterocycles. The van der Waals surface area contributed by atoms with Crippen molar-refractivity contribution < 1.29 is 14.0 Å². The van der Waals surface area contributed by atoms with E-state index in [0.717, 1.165) is 17.7 Å². The largest absolute Gasteiger partial charge is 0.494 e. The lowest BCUT2D eigenvalue weighted by molar-refractivity contribution is 0.00578. The van der Waals surface area contributed by atoms with Gasteiger partial charge in [-0.2, -0.15) is 5.10 Å². The highest BCUT2D eigenvalue weighted by atomic mass is 16.7. The number of methoxy groups -OCH3 is 1. The van der Waals surface area contributed by atoms with E-state index in [-0.39, 0.29) is 18.3 Å². The van der Waals surface area contributed by atoms with Crippen molar-refractivity contribution in [3.05, 3.63) is 47.8 Å². The van der Waals surface area contributed by atoms with Gasteiger partial charge in [-0.1, -0.05) is 24.3 Å². The van der Waals surface area contributed by atoms with Gasteiger partial charge >= 0.3 is 7.12 Å². The van der Waals surface area contributed by atoms with Crippen LogP contribution in [0, 0.1) is 0 Å². The molecule has 0 atom stereocenters. The van der Waals surface area contributed by atoms with Crippen LogP contribution in [0.5, 0.6) is 0 Å². The molecule has 128 valence electrons. The molecule has 1 aromatic carbocycles. The average Bonchev–Trinajstić information content (AvgIpc) is 3.02. The molecule has 0 spiro atoms. The summed E-state index contributed by atoms with van der Waals surface area (Å²) in [6, 6.07) is 10.3. The van der Waals surface area contributed by atoms with Gasteiger partial charge in [0.25, 0.3) is 0 Å². The van der Waals surface area contributed by atoms with Crippen molar-refractivity contribution in [3.63, 3.8) is 0 Å². The van der Waals surface area contributed by atoms with Crippen molar-refractivity contribution in [2.45, 2.75) is 52.0 Å². The first-order valence-corrected chi connectivity index (χ1v) is 8.26. The minimum Gasteiger partial charge on any atom is -0.399 e. The molecule has 0 unspecified atom stereocenters. The third kappa shape index (κ3) is 3.27. The van der Waals surface area contributed by atoms with Crippen molar-refractivity contribution in [3.8, 4) is 0 Å². The summed E-state index contributed by atoms with van der Waals surface area (Å²) < 4.78 is 19.3. The Morgan fingerprint density at radius 2 is 1.67 bits per heavy atom. The number of aromatic nitrogens is 2. The second-order valence-corrected chi connectivity index (χ2v) is 7.24. The topological polar surface area (TPSA) is 45.5 Å². The number of benzene rings is 1. The molecule has 0 amide bonds. The molecule has 0 saturated carbocycles. The SMILES string of the molecule is COCc1ccnn1Cc1ccc(B2OC(C)(C)C(C)(C)O2)cc1. The fourth-order valence-corrected chi connectivity index (χ4v) is 2.71. The Bertz CT molecular complexity index is 679. The molecule has 6 heteroatoms.